The van der Waals surface area contributed by atoms with Crippen molar-refractivity contribution in [2.24, 2.45) is 5.92 Å². The summed E-state index contributed by atoms with van der Waals surface area (Å²) in [5.41, 5.74) is 3.04. The molecule has 0 atom stereocenters. The van der Waals surface area contributed by atoms with Gasteiger partial charge in [-0.3, -0.25) is 10.1 Å². The number of ether oxygens (including phenoxy) is 1. The molecule has 0 bridgehead atoms. The highest BCUT2D eigenvalue weighted by Crippen LogP contribution is 2.44. The largest absolute Gasteiger partial charge is 0.481 e. The Hall–Kier alpha value is -2.35. The van der Waals surface area contributed by atoms with Crippen LogP contribution >= 0.6 is 0 Å². The van der Waals surface area contributed by atoms with Gasteiger partial charge in [-0.15, -0.1) is 0 Å². The second-order valence-electron chi connectivity index (χ2n) is 8.98. The van der Waals surface area contributed by atoms with Crippen LogP contribution in [0.15, 0.2) is 18.2 Å². The topological polar surface area (TPSA) is 55.3 Å². The molecular formula is C25H34N4O. The Kier molecular flexibility index (Phi) is 6.13. The normalized spacial score (nSPS) is 25.2. The lowest BCUT2D eigenvalue weighted by Gasteiger charge is -2.31. The van der Waals surface area contributed by atoms with Crippen molar-refractivity contribution in [1.29, 1.82) is 5.41 Å². The molecule has 2 fully saturated rings. The fraction of sp³-hybridized carbons (Fsp3) is 0.640. The van der Waals surface area contributed by atoms with Gasteiger partial charge in [0.25, 0.3) is 5.54 Å². The second-order valence-corrected chi connectivity index (χ2v) is 8.98. The van der Waals surface area contributed by atoms with E-state index in [0.717, 1.165) is 37.7 Å². The van der Waals surface area contributed by atoms with Crippen molar-refractivity contribution >= 4 is 16.8 Å². The Labute approximate surface area is 180 Å². The predicted molar refractivity (Wildman–Crippen MR) is 121 cm³/mol. The minimum absolute atomic E-state index is 0.156. The Bertz CT molecular complexity index is 940. The van der Waals surface area contributed by atoms with Crippen molar-refractivity contribution in [2.75, 3.05) is 6.61 Å². The van der Waals surface area contributed by atoms with Gasteiger partial charge >= 0.3 is 0 Å². The summed E-state index contributed by atoms with van der Waals surface area (Å²) in [5.74, 6) is 0.553. The Morgan fingerprint density at radius 1 is 1.20 bits per heavy atom. The quantitative estimate of drug-likeness (QED) is 0.354. The molecule has 0 unspecified atom stereocenters. The zero-order chi connectivity index (χ0) is 21.1. The van der Waals surface area contributed by atoms with E-state index in [9.17, 15) is 0 Å². The number of benzene rings is 1. The third-order valence-corrected chi connectivity index (χ3v) is 7.27. The van der Waals surface area contributed by atoms with Crippen LogP contribution in [0, 0.1) is 17.9 Å². The van der Waals surface area contributed by atoms with E-state index in [1.54, 1.807) is 0 Å². The highest BCUT2D eigenvalue weighted by Gasteiger charge is 2.44. The number of hydrogen-bond acceptors (Lipinski definition) is 3. The Morgan fingerprint density at radius 2 is 1.93 bits per heavy atom. The summed E-state index contributed by atoms with van der Waals surface area (Å²) in [6, 6.07) is 7.13. The summed E-state index contributed by atoms with van der Waals surface area (Å²) >= 11 is 0. The summed E-state index contributed by atoms with van der Waals surface area (Å²) in [7, 11) is 0. The van der Waals surface area contributed by atoms with Crippen molar-refractivity contribution in [2.45, 2.75) is 89.6 Å². The number of aryl methyl sites for hydroxylation is 1. The smallest absolute Gasteiger partial charge is 0.257 e. The van der Waals surface area contributed by atoms with Crippen LogP contribution in [-0.4, -0.2) is 22.3 Å². The van der Waals surface area contributed by atoms with Gasteiger partial charge in [0.15, 0.2) is 5.90 Å². The van der Waals surface area contributed by atoms with Crippen molar-refractivity contribution < 1.29 is 4.74 Å². The summed E-state index contributed by atoms with van der Waals surface area (Å²) in [6.07, 6.45) is 10.5. The number of fused-ring (bicyclic) bond motifs is 1. The molecule has 0 aliphatic heterocycles. The molecule has 2 aromatic rings. The first kappa shape index (κ1) is 20.9. The van der Waals surface area contributed by atoms with E-state index in [0.29, 0.717) is 18.5 Å². The van der Waals surface area contributed by atoms with E-state index in [4.69, 9.17) is 21.8 Å². The highest BCUT2D eigenvalue weighted by atomic mass is 16.5. The minimum atomic E-state index is -0.481. The van der Waals surface area contributed by atoms with E-state index in [-0.39, 0.29) is 5.92 Å². The first-order chi connectivity index (χ1) is 14.6. The van der Waals surface area contributed by atoms with Crippen LogP contribution in [0.3, 0.4) is 0 Å². The maximum atomic E-state index is 8.14. The van der Waals surface area contributed by atoms with Gasteiger partial charge in [0, 0.05) is 29.7 Å². The number of rotatable bonds is 5. The van der Waals surface area contributed by atoms with Gasteiger partial charge in [-0.1, -0.05) is 38.3 Å². The monoisotopic (exact) mass is 406 g/mol. The van der Waals surface area contributed by atoms with Gasteiger partial charge in [0.2, 0.25) is 0 Å². The first-order valence-corrected chi connectivity index (χ1v) is 11.7. The van der Waals surface area contributed by atoms with Crippen molar-refractivity contribution in [1.82, 2.24) is 9.78 Å². The molecule has 5 heteroatoms. The van der Waals surface area contributed by atoms with E-state index < -0.39 is 5.54 Å². The lowest BCUT2D eigenvalue weighted by Crippen LogP contribution is -2.32. The third kappa shape index (κ3) is 3.73. The molecule has 1 aromatic heterocycles. The standard InChI is InChI=1S/C25H34N4O/c1-4-22-21-12-11-19(17-23(21)29(28-22)20-9-7-6-8-10-20)25(27-3)15-13-18(14-16-25)24(26)30-5-2/h11-12,17-18,20,26H,4-10,13-16H2,1-2H3. The lowest BCUT2D eigenvalue weighted by molar-refractivity contribution is 0.249. The van der Waals surface area contributed by atoms with E-state index in [2.05, 4.69) is 34.6 Å². The van der Waals surface area contributed by atoms with Gasteiger partial charge in [-0.05, 0) is 45.1 Å². The van der Waals surface area contributed by atoms with Crippen LogP contribution in [0.2, 0.25) is 0 Å². The fourth-order valence-corrected chi connectivity index (χ4v) is 5.45. The molecule has 1 aromatic carbocycles. The first-order valence-electron chi connectivity index (χ1n) is 11.7. The summed E-state index contributed by atoms with van der Waals surface area (Å²) in [4.78, 5) is 4.17. The fourth-order valence-electron chi connectivity index (χ4n) is 5.45. The minimum Gasteiger partial charge on any atom is -0.481 e. The van der Waals surface area contributed by atoms with Gasteiger partial charge < -0.3 is 9.58 Å². The molecule has 2 aliphatic carbocycles. The van der Waals surface area contributed by atoms with Crippen LogP contribution in [0.4, 0.5) is 0 Å². The zero-order valence-corrected chi connectivity index (χ0v) is 18.4. The highest BCUT2D eigenvalue weighted by molar-refractivity contribution is 5.83. The predicted octanol–water partition coefficient (Wildman–Crippen LogP) is 6.42. The van der Waals surface area contributed by atoms with Crippen LogP contribution < -0.4 is 0 Å². The summed E-state index contributed by atoms with van der Waals surface area (Å²) < 4.78 is 7.72. The number of hydrogen-bond donors (Lipinski definition) is 1. The zero-order valence-electron chi connectivity index (χ0n) is 18.4. The van der Waals surface area contributed by atoms with E-state index in [1.165, 1.54) is 48.7 Å². The molecule has 160 valence electrons. The number of aromatic nitrogens is 2. The molecule has 2 saturated carbocycles. The number of nitrogens with one attached hydrogen (secondary N) is 1. The van der Waals surface area contributed by atoms with Crippen molar-refractivity contribution in [3.05, 3.63) is 40.9 Å². The summed E-state index contributed by atoms with van der Waals surface area (Å²) in [6.45, 7) is 12.7. The van der Waals surface area contributed by atoms with Crippen molar-refractivity contribution in [3.63, 3.8) is 0 Å². The molecule has 5 nitrogen and oxygen atoms in total. The van der Waals surface area contributed by atoms with Crippen LogP contribution in [0.1, 0.15) is 88.9 Å². The molecule has 2 aliphatic rings. The average molecular weight is 407 g/mol. The van der Waals surface area contributed by atoms with E-state index in [1.807, 2.05) is 6.92 Å². The number of nitrogens with zero attached hydrogens (tertiary/aromatic N) is 3. The maximum absolute atomic E-state index is 8.14. The van der Waals surface area contributed by atoms with Crippen LogP contribution in [-0.2, 0) is 16.7 Å². The molecular weight excluding hydrogens is 372 g/mol. The van der Waals surface area contributed by atoms with Crippen molar-refractivity contribution in [3.8, 4) is 0 Å². The SMILES string of the molecule is [C-]#[N+]C1(c2ccc3c(CC)nn(C4CCCCC4)c3c2)CCC(C(=N)OCC)CC1. The van der Waals surface area contributed by atoms with E-state index >= 15 is 0 Å². The summed E-state index contributed by atoms with van der Waals surface area (Å²) in [5, 5.41) is 14.4. The molecule has 0 radical (unpaired) electrons. The molecule has 0 spiro atoms. The molecule has 30 heavy (non-hydrogen) atoms. The molecule has 1 N–H and O–H groups in total. The molecule has 1 heterocycles. The lowest BCUT2D eigenvalue weighted by atomic mass is 9.73. The Morgan fingerprint density at radius 3 is 2.57 bits per heavy atom. The molecule has 4 rings (SSSR count). The Balaban J connectivity index is 1.67. The maximum Gasteiger partial charge on any atom is 0.257 e. The van der Waals surface area contributed by atoms with Gasteiger partial charge in [-0.25, -0.2) is 6.57 Å². The van der Waals surface area contributed by atoms with Gasteiger partial charge in [-0.2, -0.15) is 5.10 Å². The van der Waals surface area contributed by atoms with Gasteiger partial charge in [0.1, 0.15) is 0 Å². The average Bonchev–Trinajstić information content (AvgIpc) is 3.18. The molecule has 0 amide bonds. The second kappa shape index (κ2) is 8.79. The van der Waals surface area contributed by atoms with Gasteiger partial charge in [0.05, 0.1) is 23.9 Å². The van der Waals surface area contributed by atoms with Crippen LogP contribution in [0.5, 0.6) is 0 Å². The molecule has 0 saturated heterocycles. The third-order valence-electron chi connectivity index (χ3n) is 7.27. The van der Waals surface area contributed by atoms with Crippen LogP contribution in [0.25, 0.3) is 15.7 Å².